The van der Waals surface area contributed by atoms with Gasteiger partial charge in [0.2, 0.25) is 0 Å². The lowest BCUT2D eigenvalue weighted by Gasteiger charge is -2.32. The van der Waals surface area contributed by atoms with Crippen molar-refractivity contribution in [2.75, 3.05) is 31.2 Å². The zero-order valence-corrected chi connectivity index (χ0v) is 15.5. The molecule has 0 radical (unpaired) electrons. The van der Waals surface area contributed by atoms with E-state index in [2.05, 4.69) is 52.1 Å². The summed E-state index contributed by atoms with van der Waals surface area (Å²) in [7, 11) is 0. The highest BCUT2D eigenvalue weighted by Crippen LogP contribution is 2.33. The summed E-state index contributed by atoms with van der Waals surface area (Å²) in [4.78, 5) is 12.8. The molecule has 0 N–H and O–H groups in total. The molecule has 0 saturated carbocycles. The molecule has 2 aliphatic rings. The van der Waals surface area contributed by atoms with Crippen molar-refractivity contribution < 1.29 is 4.74 Å². The van der Waals surface area contributed by atoms with Crippen LogP contribution in [0, 0.1) is 6.92 Å². The van der Waals surface area contributed by atoms with Crippen LogP contribution in [0.15, 0.2) is 41.6 Å². The molecule has 2 fully saturated rings. The second-order valence-electron chi connectivity index (χ2n) is 6.93. The van der Waals surface area contributed by atoms with E-state index in [9.17, 15) is 0 Å². The molecule has 0 aliphatic carbocycles. The molecule has 5 heteroatoms. The average Bonchev–Trinajstić information content (AvgIpc) is 3.19. The molecule has 0 bridgehead atoms. The van der Waals surface area contributed by atoms with E-state index < -0.39 is 0 Å². The van der Waals surface area contributed by atoms with Crippen molar-refractivity contribution in [3.63, 3.8) is 0 Å². The minimum atomic E-state index is 0.441. The molecule has 1 atom stereocenters. The summed E-state index contributed by atoms with van der Waals surface area (Å²) < 4.78 is 5.50. The molecule has 2 saturated heterocycles. The van der Waals surface area contributed by atoms with Crippen LogP contribution in [0.4, 0.5) is 5.82 Å². The molecule has 0 amide bonds. The lowest BCUT2D eigenvalue weighted by molar-refractivity contribution is 0.193. The number of aromatic nitrogens is 2. The zero-order valence-electron chi connectivity index (χ0n) is 14.7. The van der Waals surface area contributed by atoms with Gasteiger partial charge in [0.1, 0.15) is 12.1 Å². The normalized spacial score (nSPS) is 21.6. The van der Waals surface area contributed by atoms with E-state index in [0.29, 0.717) is 11.2 Å². The van der Waals surface area contributed by atoms with Gasteiger partial charge in [-0.1, -0.05) is 18.2 Å². The lowest BCUT2D eigenvalue weighted by atomic mass is 10.0. The zero-order chi connectivity index (χ0) is 17.1. The Labute approximate surface area is 154 Å². The number of nitrogens with zero attached hydrogens (tertiary/aromatic N) is 3. The van der Waals surface area contributed by atoms with E-state index in [4.69, 9.17) is 4.74 Å². The fraction of sp³-hybridized carbons (Fsp3) is 0.500. The molecule has 2 aliphatic heterocycles. The van der Waals surface area contributed by atoms with Crippen molar-refractivity contribution >= 4 is 17.6 Å². The monoisotopic (exact) mass is 355 g/mol. The number of ether oxygens (including phenoxy) is 1. The van der Waals surface area contributed by atoms with Crippen molar-refractivity contribution in [2.45, 2.75) is 42.2 Å². The number of hydrogen-bond donors (Lipinski definition) is 0. The Kier molecular flexibility index (Phi) is 5.22. The van der Waals surface area contributed by atoms with Gasteiger partial charge in [-0.2, -0.15) is 0 Å². The summed E-state index contributed by atoms with van der Waals surface area (Å²) in [5.74, 6) is 1.52. The van der Waals surface area contributed by atoms with Gasteiger partial charge in [-0.3, -0.25) is 0 Å². The second-order valence-corrected chi connectivity index (χ2v) is 8.27. The van der Waals surface area contributed by atoms with Gasteiger partial charge in [0.15, 0.2) is 0 Å². The van der Waals surface area contributed by atoms with E-state index in [1.807, 2.05) is 11.8 Å². The topological polar surface area (TPSA) is 38.2 Å². The van der Waals surface area contributed by atoms with Crippen LogP contribution in [0.1, 0.15) is 36.4 Å². The molecule has 4 rings (SSSR count). The minimum absolute atomic E-state index is 0.441. The first-order valence-corrected chi connectivity index (χ1v) is 10.0. The molecule has 1 aromatic carbocycles. The first-order valence-electron chi connectivity index (χ1n) is 9.16. The Morgan fingerprint density at radius 3 is 2.72 bits per heavy atom. The van der Waals surface area contributed by atoms with Gasteiger partial charge >= 0.3 is 0 Å². The van der Waals surface area contributed by atoms with Gasteiger partial charge in [-0.15, -0.1) is 11.8 Å². The Morgan fingerprint density at radius 1 is 1.12 bits per heavy atom. The SMILES string of the molecule is Cc1ccccc1SC1CCN(c2cc([C@H]3CCOC3)ncn2)CC1. The fourth-order valence-corrected chi connectivity index (χ4v) is 4.81. The van der Waals surface area contributed by atoms with Gasteiger partial charge in [0, 0.05) is 41.8 Å². The van der Waals surface area contributed by atoms with Crippen molar-refractivity contribution in [3.05, 3.63) is 47.9 Å². The number of anilines is 1. The van der Waals surface area contributed by atoms with Crippen LogP contribution in [-0.4, -0.2) is 41.5 Å². The lowest BCUT2D eigenvalue weighted by Crippen LogP contribution is -2.35. The van der Waals surface area contributed by atoms with Crippen molar-refractivity contribution in [1.82, 2.24) is 9.97 Å². The molecule has 1 aromatic heterocycles. The van der Waals surface area contributed by atoms with E-state index >= 15 is 0 Å². The highest BCUT2D eigenvalue weighted by molar-refractivity contribution is 8.00. The second kappa shape index (κ2) is 7.75. The molecular weight excluding hydrogens is 330 g/mol. The number of aryl methyl sites for hydroxylation is 1. The average molecular weight is 356 g/mol. The highest BCUT2D eigenvalue weighted by atomic mass is 32.2. The number of rotatable bonds is 4. The van der Waals surface area contributed by atoms with Crippen molar-refractivity contribution in [1.29, 1.82) is 0 Å². The summed E-state index contributed by atoms with van der Waals surface area (Å²) in [6, 6.07) is 10.9. The summed E-state index contributed by atoms with van der Waals surface area (Å²) in [5, 5.41) is 0.696. The number of piperidine rings is 1. The summed E-state index contributed by atoms with van der Waals surface area (Å²) in [6.45, 7) is 5.99. The Balaban J connectivity index is 1.37. The molecule has 0 spiro atoms. The molecule has 25 heavy (non-hydrogen) atoms. The molecule has 0 unspecified atom stereocenters. The number of thioether (sulfide) groups is 1. The predicted molar refractivity (Wildman–Crippen MR) is 102 cm³/mol. The van der Waals surface area contributed by atoms with E-state index in [1.54, 1.807) is 6.33 Å². The van der Waals surface area contributed by atoms with Crippen LogP contribution in [0.3, 0.4) is 0 Å². The van der Waals surface area contributed by atoms with Gasteiger partial charge in [-0.05, 0) is 37.8 Å². The third-order valence-electron chi connectivity index (χ3n) is 5.17. The number of hydrogen-bond acceptors (Lipinski definition) is 5. The standard InChI is InChI=1S/C20H25N3OS/c1-15-4-2-3-5-19(15)25-17-6-9-23(10-7-17)20-12-18(21-14-22-20)16-8-11-24-13-16/h2-5,12,14,16-17H,6-11,13H2,1H3/t16-/m0/s1. The fourth-order valence-electron chi connectivity index (χ4n) is 3.60. The van der Waals surface area contributed by atoms with Crippen LogP contribution in [0.2, 0.25) is 0 Å². The maximum absolute atomic E-state index is 5.50. The van der Waals surface area contributed by atoms with Crippen LogP contribution in [-0.2, 0) is 4.74 Å². The van der Waals surface area contributed by atoms with Gasteiger partial charge in [-0.25, -0.2) is 9.97 Å². The minimum Gasteiger partial charge on any atom is -0.381 e. The first-order chi connectivity index (χ1) is 12.3. The van der Waals surface area contributed by atoms with Crippen LogP contribution >= 0.6 is 11.8 Å². The summed E-state index contributed by atoms with van der Waals surface area (Å²) in [5.41, 5.74) is 2.52. The third-order valence-corrected chi connectivity index (χ3v) is 6.69. The van der Waals surface area contributed by atoms with E-state index in [0.717, 1.165) is 44.2 Å². The number of benzene rings is 1. The highest BCUT2D eigenvalue weighted by Gasteiger charge is 2.24. The largest absolute Gasteiger partial charge is 0.381 e. The van der Waals surface area contributed by atoms with Crippen molar-refractivity contribution in [3.8, 4) is 0 Å². The van der Waals surface area contributed by atoms with E-state index in [-0.39, 0.29) is 0 Å². The summed E-state index contributed by atoms with van der Waals surface area (Å²) in [6.07, 6.45) is 5.19. The third kappa shape index (κ3) is 3.98. The quantitative estimate of drug-likeness (QED) is 0.827. The molecule has 4 nitrogen and oxygen atoms in total. The Morgan fingerprint density at radius 2 is 1.96 bits per heavy atom. The first kappa shape index (κ1) is 16.9. The Bertz CT molecular complexity index is 710. The molecule has 132 valence electrons. The summed E-state index contributed by atoms with van der Waals surface area (Å²) >= 11 is 2.04. The van der Waals surface area contributed by atoms with Gasteiger partial charge in [0.05, 0.1) is 12.3 Å². The molecule has 2 aromatic rings. The van der Waals surface area contributed by atoms with Crippen molar-refractivity contribution in [2.24, 2.45) is 0 Å². The van der Waals surface area contributed by atoms with Crippen LogP contribution < -0.4 is 4.90 Å². The van der Waals surface area contributed by atoms with Crippen LogP contribution in [0.5, 0.6) is 0 Å². The van der Waals surface area contributed by atoms with Crippen LogP contribution in [0.25, 0.3) is 0 Å². The maximum Gasteiger partial charge on any atom is 0.132 e. The van der Waals surface area contributed by atoms with Gasteiger partial charge < -0.3 is 9.64 Å². The molecular formula is C20H25N3OS. The molecule has 3 heterocycles. The predicted octanol–water partition coefficient (Wildman–Crippen LogP) is 4.05. The smallest absolute Gasteiger partial charge is 0.132 e. The Hall–Kier alpha value is -1.59. The van der Waals surface area contributed by atoms with E-state index in [1.165, 1.54) is 23.3 Å². The maximum atomic E-state index is 5.50. The van der Waals surface area contributed by atoms with Gasteiger partial charge in [0.25, 0.3) is 0 Å².